The monoisotopic (exact) mass is 291 g/mol. The van der Waals surface area contributed by atoms with Gasteiger partial charge in [-0.05, 0) is 31.0 Å². The van der Waals surface area contributed by atoms with Gasteiger partial charge < -0.3 is 15.2 Å². The Morgan fingerprint density at radius 1 is 1.55 bits per heavy atom. The zero-order valence-electron chi connectivity index (χ0n) is 11.7. The van der Waals surface area contributed by atoms with E-state index >= 15 is 0 Å². The van der Waals surface area contributed by atoms with Crippen molar-refractivity contribution >= 4 is 28.6 Å². The number of benzene rings is 1. The number of aliphatic imine (C=N–C) groups is 1. The molecule has 0 unspecified atom stereocenters. The lowest BCUT2D eigenvalue weighted by molar-refractivity contribution is 0.487. The quantitative estimate of drug-likeness (QED) is 0.696. The maximum absolute atomic E-state index is 5.99. The number of imidazole rings is 1. The van der Waals surface area contributed by atoms with Crippen molar-refractivity contribution < 1.29 is 0 Å². The lowest BCUT2D eigenvalue weighted by Gasteiger charge is -2.16. The van der Waals surface area contributed by atoms with E-state index in [2.05, 4.69) is 9.98 Å². The second-order valence-corrected chi connectivity index (χ2v) is 5.67. The summed E-state index contributed by atoms with van der Waals surface area (Å²) >= 11 is 5.99. The molecular weight excluding hydrogens is 274 g/mol. The first kappa shape index (κ1) is 13.2. The third-order valence-electron chi connectivity index (χ3n) is 3.77. The smallest absolute Gasteiger partial charge is 0.191 e. The van der Waals surface area contributed by atoms with Crippen LogP contribution in [0.2, 0.25) is 5.02 Å². The van der Waals surface area contributed by atoms with Gasteiger partial charge in [0.25, 0.3) is 0 Å². The van der Waals surface area contributed by atoms with Gasteiger partial charge in [0.15, 0.2) is 5.96 Å². The molecule has 0 radical (unpaired) electrons. The van der Waals surface area contributed by atoms with Crippen LogP contribution in [0.25, 0.3) is 11.0 Å². The normalized spacial score (nSPS) is 15.8. The molecule has 1 aromatic carbocycles. The Labute approximate surface area is 123 Å². The highest BCUT2D eigenvalue weighted by molar-refractivity contribution is 6.31. The number of rotatable bonds is 3. The SMILES string of the molecule is CN(C(N)=NCc1nc2cc(Cl)ccc2n1C)C1CC1. The number of fused-ring (bicyclic) bond motifs is 1. The largest absolute Gasteiger partial charge is 0.370 e. The van der Waals surface area contributed by atoms with Crippen molar-refractivity contribution in [3.63, 3.8) is 0 Å². The van der Waals surface area contributed by atoms with Crippen LogP contribution in [0.4, 0.5) is 0 Å². The third-order valence-corrected chi connectivity index (χ3v) is 4.01. The van der Waals surface area contributed by atoms with Gasteiger partial charge in [-0.2, -0.15) is 0 Å². The number of aryl methyl sites for hydroxylation is 1. The van der Waals surface area contributed by atoms with Crippen LogP contribution >= 0.6 is 11.6 Å². The van der Waals surface area contributed by atoms with Crippen LogP contribution in [0.5, 0.6) is 0 Å². The van der Waals surface area contributed by atoms with Crippen molar-refractivity contribution in [3.8, 4) is 0 Å². The van der Waals surface area contributed by atoms with Crippen molar-refractivity contribution in [1.82, 2.24) is 14.5 Å². The van der Waals surface area contributed by atoms with Crippen LogP contribution in [0.1, 0.15) is 18.7 Å². The first-order chi connectivity index (χ1) is 9.56. The van der Waals surface area contributed by atoms with Crippen molar-refractivity contribution in [3.05, 3.63) is 29.0 Å². The number of nitrogens with zero attached hydrogens (tertiary/aromatic N) is 4. The molecule has 1 aromatic heterocycles. The van der Waals surface area contributed by atoms with Gasteiger partial charge in [-0.3, -0.25) is 0 Å². The van der Waals surface area contributed by atoms with Gasteiger partial charge >= 0.3 is 0 Å². The molecule has 0 aliphatic heterocycles. The summed E-state index contributed by atoms with van der Waals surface area (Å²) in [5, 5.41) is 0.693. The number of hydrogen-bond donors (Lipinski definition) is 1. The van der Waals surface area contributed by atoms with E-state index in [9.17, 15) is 0 Å². The number of nitrogens with two attached hydrogens (primary N) is 1. The Morgan fingerprint density at radius 2 is 2.30 bits per heavy atom. The van der Waals surface area contributed by atoms with Gasteiger partial charge in [-0.15, -0.1) is 0 Å². The fraction of sp³-hybridized carbons (Fsp3) is 0.429. The first-order valence-electron chi connectivity index (χ1n) is 6.70. The predicted octanol–water partition coefficient (Wildman–Crippen LogP) is 2.14. The molecule has 0 spiro atoms. The number of aromatic nitrogens is 2. The van der Waals surface area contributed by atoms with Crippen molar-refractivity contribution in [2.45, 2.75) is 25.4 Å². The molecule has 0 saturated heterocycles. The fourth-order valence-electron chi connectivity index (χ4n) is 2.28. The maximum Gasteiger partial charge on any atom is 0.191 e. The van der Waals surface area contributed by atoms with Gasteiger partial charge in [-0.25, -0.2) is 9.98 Å². The molecule has 20 heavy (non-hydrogen) atoms. The standard InChI is InChI=1S/C14H18ClN5/c1-19(10-4-5-10)14(16)17-8-13-18-11-7-9(15)3-6-12(11)20(13)2/h3,6-7,10H,4-5,8H2,1-2H3,(H2,16,17). The Hall–Kier alpha value is -1.75. The lowest BCUT2D eigenvalue weighted by Crippen LogP contribution is -2.35. The van der Waals surface area contributed by atoms with E-state index in [0.717, 1.165) is 16.9 Å². The molecule has 0 bridgehead atoms. The fourth-order valence-corrected chi connectivity index (χ4v) is 2.44. The highest BCUT2D eigenvalue weighted by Crippen LogP contribution is 2.25. The van der Waals surface area contributed by atoms with Crippen LogP contribution in [-0.4, -0.2) is 33.5 Å². The van der Waals surface area contributed by atoms with E-state index in [1.807, 2.05) is 41.8 Å². The zero-order chi connectivity index (χ0) is 14.3. The summed E-state index contributed by atoms with van der Waals surface area (Å²) in [6, 6.07) is 6.27. The van der Waals surface area contributed by atoms with Gasteiger partial charge in [0.05, 0.1) is 11.0 Å². The molecule has 1 saturated carbocycles. The van der Waals surface area contributed by atoms with Gasteiger partial charge in [0.2, 0.25) is 0 Å². The molecule has 0 atom stereocenters. The molecule has 106 valence electrons. The molecule has 1 aliphatic carbocycles. The minimum absolute atomic E-state index is 0.478. The van der Waals surface area contributed by atoms with Crippen molar-refractivity contribution in [1.29, 1.82) is 0 Å². The Balaban J connectivity index is 1.83. The topological polar surface area (TPSA) is 59.4 Å². The first-order valence-corrected chi connectivity index (χ1v) is 7.07. The molecule has 1 heterocycles. The van der Waals surface area contributed by atoms with Gasteiger partial charge in [0, 0.05) is 25.2 Å². The summed E-state index contributed by atoms with van der Waals surface area (Å²) in [6.07, 6.45) is 2.41. The molecule has 1 aliphatic rings. The van der Waals surface area contributed by atoms with Crippen LogP contribution < -0.4 is 5.73 Å². The zero-order valence-corrected chi connectivity index (χ0v) is 12.4. The number of halogens is 1. The highest BCUT2D eigenvalue weighted by atomic mass is 35.5. The van der Waals surface area contributed by atoms with E-state index in [-0.39, 0.29) is 0 Å². The average Bonchev–Trinajstić information content (AvgIpc) is 3.22. The minimum atomic E-state index is 0.478. The highest BCUT2D eigenvalue weighted by Gasteiger charge is 2.27. The molecule has 0 amide bonds. The molecular formula is C14H18ClN5. The Bertz CT molecular complexity index is 671. The summed E-state index contributed by atoms with van der Waals surface area (Å²) in [5.41, 5.74) is 7.93. The molecule has 1 fully saturated rings. The van der Waals surface area contributed by atoms with Crippen molar-refractivity contribution in [2.75, 3.05) is 7.05 Å². The molecule has 2 aromatic rings. The third kappa shape index (κ3) is 2.45. The second kappa shape index (κ2) is 4.98. The molecule has 6 heteroatoms. The number of guanidine groups is 1. The summed E-state index contributed by atoms with van der Waals surface area (Å²) in [5.74, 6) is 1.46. The van der Waals surface area contributed by atoms with Crippen molar-refractivity contribution in [2.24, 2.45) is 17.8 Å². The van der Waals surface area contributed by atoms with E-state index < -0.39 is 0 Å². The number of hydrogen-bond acceptors (Lipinski definition) is 2. The second-order valence-electron chi connectivity index (χ2n) is 5.24. The minimum Gasteiger partial charge on any atom is -0.370 e. The van der Waals surface area contributed by atoms with Gasteiger partial charge in [0.1, 0.15) is 12.4 Å². The van der Waals surface area contributed by atoms with Crippen LogP contribution in [0, 0.1) is 0 Å². The average molecular weight is 292 g/mol. The van der Waals surface area contributed by atoms with E-state index in [1.54, 1.807) is 0 Å². The Morgan fingerprint density at radius 3 is 3.00 bits per heavy atom. The Kier molecular flexibility index (Phi) is 3.30. The summed E-state index contributed by atoms with van der Waals surface area (Å²) in [6.45, 7) is 0.478. The summed E-state index contributed by atoms with van der Waals surface area (Å²) in [7, 11) is 3.97. The van der Waals surface area contributed by atoms with E-state index in [1.165, 1.54) is 12.8 Å². The molecule has 2 N–H and O–H groups in total. The lowest BCUT2D eigenvalue weighted by atomic mass is 10.3. The van der Waals surface area contributed by atoms with Crippen LogP contribution in [0.3, 0.4) is 0 Å². The van der Waals surface area contributed by atoms with Crippen LogP contribution in [0.15, 0.2) is 23.2 Å². The summed E-state index contributed by atoms with van der Waals surface area (Å²) < 4.78 is 2.03. The van der Waals surface area contributed by atoms with Gasteiger partial charge in [-0.1, -0.05) is 11.6 Å². The maximum atomic E-state index is 5.99. The summed E-state index contributed by atoms with van der Waals surface area (Å²) in [4.78, 5) is 11.0. The molecule has 5 nitrogen and oxygen atoms in total. The predicted molar refractivity (Wildman–Crippen MR) is 81.8 cm³/mol. The van der Waals surface area contributed by atoms with Crippen LogP contribution in [-0.2, 0) is 13.6 Å². The van der Waals surface area contributed by atoms with E-state index in [4.69, 9.17) is 17.3 Å². The molecule has 3 rings (SSSR count). The van der Waals surface area contributed by atoms with E-state index in [0.29, 0.717) is 23.6 Å².